The third-order valence-electron chi connectivity index (χ3n) is 2.77. The summed E-state index contributed by atoms with van der Waals surface area (Å²) in [6, 6.07) is 15.0. The molecule has 0 aliphatic rings. The van der Waals surface area contributed by atoms with Gasteiger partial charge in [-0.05, 0) is 36.3 Å². The maximum Gasteiger partial charge on any atom is 0.186 e. The fraction of sp³-hybridized carbons (Fsp3) is 0.0625. The molecule has 0 aromatic heterocycles. The molecular weight excluding hydrogens is 222 g/mol. The number of anilines is 1. The zero-order valence-electron chi connectivity index (χ0n) is 10.3. The van der Waals surface area contributed by atoms with Gasteiger partial charge in [0.2, 0.25) is 0 Å². The highest BCUT2D eigenvalue weighted by Gasteiger charge is 2.03. The summed E-state index contributed by atoms with van der Waals surface area (Å²) in [7, 11) is 0. The Labute approximate surface area is 107 Å². The lowest BCUT2D eigenvalue weighted by Gasteiger charge is -2.00. The zero-order valence-corrected chi connectivity index (χ0v) is 10.3. The zero-order chi connectivity index (χ0) is 13.0. The van der Waals surface area contributed by atoms with E-state index in [0.29, 0.717) is 0 Å². The van der Waals surface area contributed by atoms with Crippen molar-refractivity contribution in [2.45, 2.75) is 6.92 Å². The van der Waals surface area contributed by atoms with Crippen LogP contribution in [0.3, 0.4) is 0 Å². The Hall–Kier alpha value is -2.35. The van der Waals surface area contributed by atoms with Crippen LogP contribution < -0.4 is 5.73 Å². The summed E-state index contributed by atoms with van der Waals surface area (Å²) >= 11 is 0. The molecule has 0 aliphatic carbocycles. The summed E-state index contributed by atoms with van der Waals surface area (Å²) in [5.41, 5.74) is 9.02. The van der Waals surface area contributed by atoms with Crippen molar-refractivity contribution in [3.63, 3.8) is 0 Å². The van der Waals surface area contributed by atoms with Crippen molar-refractivity contribution in [1.82, 2.24) is 0 Å². The normalized spacial score (nSPS) is 10.7. The van der Waals surface area contributed by atoms with Gasteiger partial charge in [0.1, 0.15) is 0 Å². The highest BCUT2D eigenvalue weighted by molar-refractivity contribution is 6.07. The summed E-state index contributed by atoms with van der Waals surface area (Å²) in [5.74, 6) is 0.0184. The maximum atomic E-state index is 12.0. The van der Waals surface area contributed by atoms with Crippen molar-refractivity contribution >= 4 is 17.5 Å². The lowest BCUT2D eigenvalue weighted by atomic mass is 10.0. The Morgan fingerprint density at radius 2 is 1.72 bits per heavy atom. The average molecular weight is 237 g/mol. The van der Waals surface area contributed by atoms with Crippen molar-refractivity contribution in [2.75, 3.05) is 5.73 Å². The first kappa shape index (κ1) is 12.1. The molecule has 0 unspecified atom stereocenters. The lowest BCUT2D eigenvalue weighted by Crippen LogP contribution is -1.96. The number of aryl methyl sites for hydroxylation is 1. The van der Waals surface area contributed by atoms with Crippen LogP contribution in [0, 0.1) is 6.92 Å². The fourth-order valence-corrected chi connectivity index (χ4v) is 1.72. The molecule has 2 aromatic carbocycles. The van der Waals surface area contributed by atoms with Gasteiger partial charge in [0.15, 0.2) is 5.78 Å². The van der Waals surface area contributed by atoms with Gasteiger partial charge in [0.05, 0.1) is 0 Å². The second-order valence-corrected chi connectivity index (χ2v) is 4.18. The van der Waals surface area contributed by atoms with Gasteiger partial charge in [-0.25, -0.2) is 0 Å². The van der Waals surface area contributed by atoms with Crippen LogP contribution in [0.25, 0.3) is 6.08 Å². The number of carbonyl (C=O) groups is 1. The fourth-order valence-electron chi connectivity index (χ4n) is 1.72. The summed E-state index contributed by atoms with van der Waals surface area (Å²) in [4.78, 5) is 12.0. The monoisotopic (exact) mass is 237 g/mol. The quantitative estimate of drug-likeness (QED) is 0.504. The molecule has 0 spiro atoms. The first-order valence-corrected chi connectivity index (χ1v) is 5.80. The number of nitrogen functional groups attached to an aromatic ring is 1. The van der Waals surface area contributed by atoms with Crippen LogP contribution in [-0.2, 0) is 0 Å². The molecule has 0 saturated heterocycles. The molecule has 2 rings (SSSR count). The van der Waals surface area contributed by atoms with E-state index in [0.717, 1.165) is 22.4 Å². The predicted molar refractivity (Wildman–Crippen MR) is 75.4 cm³/mol. The van der Waals surface area contributed by atoms with Crippen LogP contribution in [0.4, 0.5) is 5.69 Å². The van der Waals surface area contributed by atoms with Crippen LogP contribution in [0.15, 0.2) is 54.6 Å². The molecule has 0 fully saturated rings. The Balaban J connectivity index is 2.17. The first-order chi connectivity index (χ1) is 8.66. The lowest BCUT2D eigenvalue weighted by molar-refractivity contribution is 0.104. The third-order valence-corrected chi connectivity index (χ3v) is 2.77. The smallest absolute Gasteiger partial charge is 0.186 e. The van der Waals surface area contributed by atoms with E-state index in [1.54, 1.807) is 12.2 Å². The van der Waals surface area contributed by atoms with Gasteiger partial charge in [0.25, 0.3) is 0 Å². The second-order valence-electron chi connectivity index (χ2n) is 4.18. The van der Waals surface area contributed by atoms with Crippen LogP contribution in [0.1, 0.15) is 21.5 Å². The van der Waals surface area contributed by atoms with E-state index in [-0.39, 0.29) is 5.78 Å². The van der Waals surface area contributed by atoms with Crippen molar-refractivity contribution in [3.05, 3.63) is 71.3 Å². The minimum atomic E-state index is 0.0184. The molecular formula is C16H15NO. The average Bonchev–Trinajstić information content (AvgIpc) is 2.38. The molecule has 18 heavy (non-hydrogen) atoms. The molecule has 0 saturated carbocycles. The first-order valence-electron chi connectivity index (χ1n) is 5.80. The Kier molecular flexibility index (Phi) is 3.58. The van der Waals surface area contributed by atoms with E-state index < -0.39 is 0 Å². The van der Waals surface area contributed by atoms with Crippen LogP contribution in [-0.4, -0.2) is 5.78 Å². The number of hydrogen-bond acceptors (Lipinski definition) is 2. The number of ketones is 1. The molecule has 90 valence electrons. The Bertz CT molecular complexity index is 582. The van der Waals surface area contributed by atoms with Gasteiger partial charge in [-0.2, -0.15) is 0 Å². The van der Waals surface area contributed by atoms with Crippen molar-refractivity contribution in [1.29, 1.82) is 0 Å². The summed E-state index contributed by atoms with van der Waals surface area (Å²) in [5, 5.41) is 0. The molecule has 0 heterocycles. The summed E-state index contributed by atoms with van der Waals surface area (Å²) in [6.07, 6.45) is 3.39. The van der Waals surface area contributed by atoms with Gasteiger partial charge < -0.3 is 5.73 Å². The standard InChI is InChI=1S/C16H15NO/c1-12-4-2-3-5-15(12)16(18)11-8-13-6-9-14(17)10-7-13/h2-11H,17H2,1H3/b11-8+. The van der Waals surface area contributed by atoms with Crippen molar-refractivity contribution < 1.29 is 4.79 Å². The van der Waals surface area contributed by atoms with E-state index in [4.69, 9.17) is 5.73 Å². The summed E-state index contributed by atoms with van der Waals surface area (Å²) < 4.78 is 0. The highest BCUT2D eigenvalue weighted by Crippen LogP contribution is 2.11. The largest absolute Gasteiger partial charge is 0.399 e. The minimum Gasteiger partial charge on any atom is -0.399 e. The predicted octanol–water partition coefficient (Wildman–Crippen LogP) is 3.47. The van der Waals surface area contributed by atoms with Crippen LogP contribution in [0.2, 0.25) is 0 Å². The van der Waals surface area contributed by atoms with E-state index in [9.17, 15) is 4.79 Å². The number of benzene rings is 2. The van der Waals surface area contributed by atoms with Crippen LogP contribution in [0.5, 0.6) is 0 Å². The van der Waals surface area contributed by atoms with E-state index in [2.05, 4.69) is 0 Å². The topological polar surface area (TPSA) is 43.1 Å². The van der Waals surface area contributed by atoms with Gasteiger partial charge >= 0.3 is 0 Å². The second kappa shape index (κ2) is 5.32. The molecule has 2 N–H and O–H groups in total. The van der Waals surface area contributed by atoms with Crippen molar-refractivity contribution in [3.8, 4) is 0 Å². The molecule has 2 nitrogen and oxygen atoms in total. The number of allylic oxidation sites excluding steroid dienone is 1. The summed E-state index contributed by atoms with van der Waals surface area (Å²) in [6.45, 7) is 1.93. The number of rotatable bonds is 3. The van der Waals surface area contributed by atoms with E-state index in [1.165, 1.54) is 0 Å². The molecule has 0 aliphatic heterocycles. The van der Waals surface area contributed by atoms with Gasteiger partial charge in [0, 0.05) is 11.3 Å². The molecule has 0 amide bonds. The number of hydrogen-bond donors (Lipinski definition) is 1. The van der Waals surface area contributed by atoms with Gasteiger partial charge in [-0.15, -0.1) is 0 Å². The van der Waals surface area contributed by atoms with Crippen LogP contribution >= 0.6 is 0 Å². The number of nitrogens with two attached hydrogens (primary N) is 1. The molecule has 0 radical (unpaired) electrons. The maximum absolute atomic E-state index is 12.0. The molecule has 0 bridgehead atoms. The Morgan fingerprint density at radius 3 is 2.39 bits per heavy atom. The van der Waals surface area contributed by atoms with E-state index in [1.807, 2.05) is 55.5 Å². The van der Waals surface area contributed by atoms with E-state index >= 15 is 0 Å². The van der Waals surface area contributed by atoms with Crippen molar-refractivity contribution in [2.24, 2.45) is 0 Å². The highest BCUT2D eigenvalue weighted by atomic mass is 16.1. The Morgan fingerprint density at radius 1 is 1.06 bits per heavy atom. The minimum absolute atomic E-state index is 0.0184. The molecule has 0 atom stereocenters. The third kappa shape index (κ3) is 2.86. The van der Waals surface area contributed by atoms with Gasteiger partial charge in [-0.1, -0.05) is 42.5 Å². The SMILES string of the molecule is Cc1ccccc1C(=O)/C=C/c1ccc(N)cc1. The molecule has 2 aromatic rings. The number of carbonyl (C=O) groups excluding carboxylic acids is 1. The molecule has 2 heteroatoms. The van der Waals surface area contributed by atoms with Gasteiger partial charge in [-0.3, -0.25) is 4.79 Å².